The van der Waals surface area contributed by atoms with E-state index in [4.69, 9.17) is 4.11 Å². The molecule has 0 fully saturated rings. The largest absolute Gasteiger partial charge is 0.305 e. The number of aryl methyl sites for hydroxylation is 1. The van der Waals surface area contributed by atoms with Crippen molar-refractivity contribution in [1.82, 2.24) is 9.97 Å². The predicted molar refractivity (Wildman–Crippen MR) is 127 cm³/mol. The summed E-state index contributed by atoms with van der Waals surface area (Å²) in [6.07, 6.45) is 2.97. The minimum Gasteiger partial charge on any atom is -0.305 e. The maximum atomic E-state index is 13.5. The van der Waals surface area contributed by atoms with Crippen molar-refractivity contribution in [3.05, 3.63) is 133 Å². The summed E-state index contributed by atoms with van der Waals surface area (Å²) in [7, 11) is 0. The number of hydrogen-bond acceptors (Lipinski definition) is 2. The molecule has 171 valence electrons. The molecule has 0 aliphatic carbocycles. The van der Waals surface area contributed by atoms with Gasteiger partial charge < -0.3 is 9.97 Å². The minimum absolute atomic E-state index is 0. The van der Waals surface area contributed by atoms with Crippen molar-refractivity contribution < 1.29 is 33.0 Å². The van der Waals surface area contributed by atoms with Crippen LogP contribution in [0.4, 0.5) is 8.78 Å². The van der Waals surface area contributed by atoms with Gasteiger partial charge in [-0.3, -0.25) is 4.39 Å². The first-order valence-corrected chi connectivity index (χ1v) is 10.1. The fraction of sp³-hybridized carbons (Fsp3) is 0.0345. The van der Waals surface area contributed by atoms with Gasteiger partial charge in [0.25, 0.3) is 0 Å². The smallest absolute Gasteiger partial charge is 0.0765 e. The normalized spacial score (nSPS) is 11.6. The van der Waals surface area contributed by atoms with Crippen LogP contribution in [0.2, 0.25) is 0 Å². The fourth-order valence-corrected chi connectivity index (χ4v) is 3.12. The Kier molecular flexibility index (Phi) is 7.47. The van der Waals surface area contributed by atoms with Gasteiger partial charge in [0, 0.05) is 36.6 Å². The summed E-state index contributed by atoms with van der Waals surface area (Å²) in [5.74, 6) is -2.04. The summed E-state index contributed by atoms with van der Waals surface area (Å²) >= 11 is 0. The van der Waals surface area contributed by atoms with E-state index in [1.54, 1.807) is 0 Å². The van der Waals surface area contributed by atoms with E-state index >= 15 is 0 Å². The molecule has 5 heteroatoms. The van der Waals surface area contributed by atoms with Gasteiger partial charge in [0.15, 0.2) is 0 Å². The van der Waals surface area contributed by atoms with Gasteiger partial charge in [0.1, 0.15) is 0 Å². The van der Waals surface area contributed by atoms with E-state index in [1.807, 2.05) is 54.7 Å². The molecule has 1 radical (unpaired) electrons. The molecule has 0 unspecified atom stereocenters. The monoisotopic (exact) mass is 630 g/mol. The Hall–Kier alpha value is -3.53. The molecule has 5 aromatic rings. The molecule has 3 aromatic carbocycles. The van der Waals surface area contributed by atoms with Crippen LogP contribution in [0, 0.1) is 30.6 Å². The number of benzene rings is 3. The molecule has 0 bridgehead atoms. The molecule has 0 aliphatic heterocycles. The maximum absolute atomic E-state index is 13.5. The Morgan fingerprint density at radius 1 is 0.765 bits per heavy atom. The Morgan fingerprint density at radius 3 is 2.29 bits per heavy atom. The van der Waals surface area contributed by atoms with E-state index < -0.39 is 18.5 Å². The minimum atomic E-state index is -2.27. The zero-order valence-corrected chi connectivity index (χ0v) is 20.2. The van der Waals surface area contributed by atoms with Crippen LogP contribution < -0.4 is 0 Å². The SMILES string of the molecule is [2H]C([2H])([2H])c1ccc(-c2[c-]ccc(F)c2F)nc1.[Ir].[c-]1ccccc1-c1cc(-c2ccccc2)ccn1. The molecule has 2 heterocycles. The van der Waals surface area contributed by atoms with Gasteiger partial charge in [-0.25, -0.2) is 4.39 Å². The van der Waals surface area contributed by atoms with E-state index in [1.165, 1.54) is 29.3 Å². The standard InChI is InChI=1S/C17H12N.C12H8F2N.Ir/c1-3-7-14(8-4-1)16-11-12-18-17(13-16)15-9-5-2-6-10-15;1-8-5-6-11(15-7-8)9-3-2-4-10(13)12(9)14;/h1-9,11-13H;2,4-7H,1H3;/q2*-1;/i;1D3;. The second-order valence-electron chi connectivity index (χ2n) is 7.02. The molecule has 0 N–H and O–H groups in total. The first kappa shape index (κ1) is 21.0. The molecular weight excluding hydrogens is 607 g/mol. The van der Waals surface area contributed by atoms with E-state index in [-0.39, 0.29) is 36.9 Å². The molecule has 2 aromatic heterocycles. The van der Waals surface area contributed by atoms with Crippen LogP contribution >= 0.6 is 0 Å². The third-order valence-corrected chi connectivity index (χ3v) is 4.76. The summed E-state index contributed by atoms with van der Waals surface area (Å²) in [5, 5.41) is 0. The van der Waals surface area contributed by atoms with E-state index in [2.05, 4.69) is 40.3 Å². The molecule has 0 saturated heterocycles. The maximum Gasteiger partial charge on any atom is 0.0765 e. The molecule has 2 nitrogen and oxygen atoms in total. The number of pyridine rings is 2. The van der Waals surface area contributed by atoms with Crippen molar-refractivity contribution in [3.63, 3.8) is 0 Å². The van der Waals surface area contributed by atoms with Gasteiger partial charge in [-0.2, -0.15) is 0 Å². The molecular formula is C29H20F2IrN2-2. The zero-order chi connectivity index (χ0) is 25.5. The predicted octanol–water partition coefficient (Wildman–Crippen LogP) is 7.35. The summed E-state index contributed by atoms with van der Waals surface area (Å²) in [6, 6.07) is 32.9. The Balaban J connectivity index is 0.000000200. The van der Waals surface area contributed by atoms with Crippen LogP contribution in [0.15, 0.2) is 103 Å². The second kappa shape index (κ2) is 12.1. The average molecular weight is 630 g/mol. The summed E-state index contributed by atoms with van der Waals surface area (Å²) < 4.78 is 48.0. The number of halogens is 2. The zero-order valence-electron chi connectivity index (χ0n) is 20.8. The molecule has 0 atom stereocenters. The van der Waals surface area contributed by atoms with Gasteiger partial charge in [0.2, 0.25) is 0 Å². The molecule has 0 saturated carbocycles. The fourth-order valence-electron chi connectivity index (χ4n) is 3.12. The third kappa shape index (κ3) is 6.28. The van der Waals surface area contributed by atoms with Crippen LogP contribution in [0.3, 0.4) is 0 Å². The number of hydrogen-bond donors (Lipinski definition) is 0. The van der Waals surface area contributed by atoms with Crippen LogP contribution in [0.25, 0.3) is 33.6 Å². The van der Waals surface area contributed by atoms with Gasteiger partial charge in [-0.05, 0) is 41.0 Å². The second-order valence-corrected chi connectivity index (χ2v) is 7.02. The molecule has 5 rings (SSSR count). The van der Waals surface area contributed by atoms with Crippen LogP contribution in [0.5, 0.6) is 0 Å². The van der Waals surface area contributed by atoms with Crippen molar-refractivity contribution in [3.8, 4) is 33.6 Å². The molecule has 0 aliphatic rings. The number of rotatable bonds is 3. The van der Waals surface area contributed by atoms with Crippen molar-refractivity contribution in [2.45, 2.75) is 6.85 Å². The van der Waals surface area contributed by atoms with Crippen LogP contribution in [-0.4, -0.2) is 9.97 Å². The van der Waals surface area contributed by atoms with Gasteiger partial charge in [0.05, 0.1) is 11.6 Å². The van der Waals surface area contributed by atoms with E-state index in [9.17, 15) is 8.78 Å². The summed E-state index contributed by atoms with van der Waals surface area (Å²) in [5.41, 5.74) is 4.43. The number of aromatic nitrogens is 2. The molecule has 0 amide bonds. The van der Waals surface area contributed by atoms with Gasteiger partial charge in [-0.1, -0.05) is 54.1 Å². The van der Waals surface area contributed by atoms with Crippen molar-refractivity contribution >= 4 is 0 Å². The third-order valence-electron chi connectivity index (χ3n) is 4.76. The van der Waals surface area contributed by atoms with Gasteiger partial charge in [-0.15, -0.1) is 54.1 Å². The van der Waals surface area contributed by atoms with E-state index in [0.29, 0.717) is 0 Å². The summed E-state index contributed by atoms with van der Waals surface area (Å²) in [4.78, 5) is 8.22. The van der Waals surface area contributed by atoms with Crippen molar-refractivity contribution in [2.75, 3.05) is 0 Å². The van der Waals surface area contributed by atoms with Crippen molar-refractivity contribution in [2.24, 2.45) is 0 Å². The van der Waals surface area contributed by atoms with Crippen LogP contribution in [-0.2, 0) is 20.1 Å². The Labute approximate surface area is 215 Å². The van der Waals surface area contributed by atoms with E-state index in [0.717, 1.165) is 23.5 Å². The quantitative estimate of drug-likeness (QED) is 0.195. The first-order chi connectivity index (χ1) is 17.3. The molecule has 34 heavy (non-hydrogen) atoms. The van der Waals surface area contributed by atoms with Crippen molar-refractivity contribution in [1.29, 1.82) is 0 Å². The Morgan fingerprint density at radius 2 is 1.59 bits per heavy atom. The topological polar surface area (TPSA) is 25.8 Å². The summed E-state index contributed by atoms with van der Waals surface area (Å²) in [6.45, 7) is -2.27. The molecule has 0 spiro atoms. The Bertz CT molecular complexity index is 1370. The number of nitrogens with zero attached hydrogens (tertiary/aromatic N) is 2. The van der Waals surface area contributed by atoms with Gasteiger partial charge >= 0.3 is 0 Å². The average Bonchev–Trinajstić information content (AvgIpc) is 2.91. The first-order valence-electron chi connectivity index (χ1n) is 11.6. The van der Waals surface area contributed by atoms with Crippen LogP contribution in [0.1, 0.15) is 9.68 Å².